The Bertz CT molecular complexity index is 3180. The van der Waals surface area contributed by atoms with E-state index in [2.05, 4.69) is 187 Å². The van der Waals surface area contributed by atoms with Crippen LogP contribution in [0.4, 0.5) is 17.1 Å². The molecule has 0 radical (unpaired) electrons. The highest BCUT2D eigenvalue weighted by Gasteiger charge is 2.24. The number of nitrogens with zero attached hydrogens (tertiary/aromatic N) is 1. The number of anilines is 3. The SMILES string of the molecule is c1ccc(-c2ccc(N(c3ccc(-c4cccc5oc6ccccc6c45)cc3)c3ccc4oc5ccccc5c4c3-c3cccc4ccccc34)cc2)cc1. The summed E-state index contributed by atoms with van der Waals surface area (Å²) in [6.07, 6.45) is 0. The largest absolute Gasteiger partial charge is 0.456 e. The third kappa shape index (κ3) is 5.13. The van der Waals surface area contributed by atoms with Crippen LogP contribution in [-0.4, -0.2) is 0 Å². The maximum absolute atomic E-state index is 6.54. The monoisotopic (exact) mass is 703 g/mol. The summed E-state index contributed by atoms with van der Waals surface area (Å²) >= 11 is 0. The highest BCUT2D eigenvalue weighted by Crippen LogP contribution is 2.49. The Morgan fingerprint density at radius 1 is 0.309 bits per heavy atom. The van der Waals surface area contributed by atoms with Gasteiger partial charge < -0.3 is 13.7 Å². The second kappa shape index (κ2) is 12.6. The van der Waals surface area contributed by atoms with Gasteiger partial charge in [-0.25, -0.2) is 0 Å². The lowest BCUT2D eigenvalue weighted by atomic mass is 9.92. The van der Waals surface area contributed by atoms with Crippen LogP contribution in [0.5, 0.6) is 0 Å². The van der Waals surface area contributed by atoms with E-state index in [-0.39, 0.29) is 0 Å². The number of rotatable bonds is 6. The number of para-hydroxylation sites is 2. The Balaban J connectivity index is 1.16. The van der Waals surface area contributed by atoms with Crippen molar-refractivity contribution in [1.29, 1.82) is 0 Å². The topological polar surface area (TPSA) is 29.5 Å². The Labute approximate surface area is 317 Å². The average Bonchev–Trinajstić information content (AvgIpc) is 3.83. The molecule has 0 atom stereocenters. The summed E-state index contributed by atoms with van der Waals surface area (Å²) in [5.41, 5.74) is 13.6. The summed E-state index contributed by atoms with van der Waals surface area (Å²) in [5.74, 6) is 0. The molecule has 0 unspecified atom stereocenters. The summed E-state index contributed by atoms with van der Waals surface area (Å²) in [5, 5.41) is 6.84. The minimum Gasteiger partial charge on any atom is -0.456 e. The molecule has 3 heteroatoms. The summed E-state index contributed by atoms with van der Waals surface area (Å²) in [6.45, 7) is 0. The lowest BCUT2D eigenvalue weighted by Crippen LogP contribution is -2.11. The van der Waals surface area contributed by atoms with Gasteiger partial charge in [0.05, 0.1) is 5.69 Å². The van der Waals surface area contributed by atoms with Crippen molar-refractivity contribution < 1.29 is 8.83 Å². The van der Waals surface area contributed by atoms with E-state index in [1.54, 1.807) is 0 Å². The zero-order valence-electron chi connectivity index (χ0n) is 29.8. The van der Waals surface area contributed by atoms with Gasteiger partial charge in [-0.1, -0.05) is 146 Å². The molecule has 2 aromatic heterocycles. The number of benzene rings is 9. The standard InChI is InChI=1S/C52H33NO2/c1-2-12-34(13-3-1)35-24-28-38(29-25-35)53(39-30-26-37(27-31-39)41-19-11-23-48-50(41)43-17-6-8-21-46(43)54-48)45-32-33-49-52(44-18-7-9-22-47(44)55-49)51(45)42-20-10-15-36-14-4-5-16-40(36)42/h1-33H. The first-order chi connectivity index (χ1) is 27.3. The summed E-state index contributed by atoms with van der Waals surface area (Å²) in [7, 11) is 0. The number of hydrogen-bond donors (Lipinski definition) is 0. The van der Waals surface area contributed by atoms with Crippen molar-refractivity contribution in [3.05, 3.63) is 200 Å². The first kappa shape index (κ1) is 31.2. The molecule has 0 fully saturated rings. The molecule has 0 aliphatic carbocycles. The molecule has 0 saturated carbocycles. The minimum atomic E-state index is 0.864. The molecule has 11 rings (SSSR count). The predicted molar refractivity (Wildman–Crippen MR) is 229 cm³/mol. The quantitative estimate of drug-likeness (QED) is 0.173. The van der Waals surface area contributed by atoms with Crippen LogP contribution in [-0.2, 0) is 0 Å². The Morgan fingerprint density at radius 2 is 0.818 bits per heavy atom. The molecule has 0 aliphatic rings. The molecule has 0 amide bonds. The zero-order valence-corrected chi connectivity index (χ0v) is 29.8. The molecule has 11 aromatic rings. The van der Waals surface area contributed by atoms with Crippen molar-refractivity contribution >= 4 is 71.7 Å². The molecule has 0 bridgehead atoms. The smallest absolute Gasteiger partial charge is 0.136 e. The number of furan rings is 2. The molecule has 9 aromatic carbocycles. The molecule has 0 spiro atoms. The van der Waals surface area contributed by atoms with Crippen molar-refractivity contribution in [2.45, 2.75) is 0 Å². The van der Waals surface area contributed by atoms with Crippen LogP contribution in [0.2, 0.25) is 0 Å². The third-order valence-corrected chi connectivity index (χ3v) is 10.9. The van der Waals surface area contributed by atoms with Crippen molar-refractivity contribution in [1.82, 2.24) is 0 Å². The fraction of sp³-hybridized carbons (Fsp3) is 0. The average molecular weight is 704 g/mol. The summed E-state index contributed by atoms with van der Waals surface area (Å²) in [4.78, 5) is 2.39. The van der Waals surface area contributed by atoms with E-state index in [0.29, 0.717) is 0 Å². The van der Waals surface area contributed by atoms with Crippen LogP contribution in [0.1, 0.15) is 0 Å². The highest BCUT2D eigenvalue weighted by atomic mass is 16.3. The molecule has 0 saturated heterocycles. The van der Waals surface area contributed by atoms with Crippen molar-refractivity contribution in [2.75, 3.05) is 4.90 Å². The number of fused-ring (bicyclic) bond motifs is 7. The fourth-order valence-electron chi connectivity index (χ4n) is 8.37. The molecule has 0 N–H and O–H groups in total. The molecule has 258 valence electrons. The van der Waals surface area contributed by atoms with Crippen molar-refractivity contribution in [3.8, 4) is 33.4 Å². The molecule has 55 heavy (non-hydrogen) atoms. The van der Waals surface area contributed by atoms with Gasteiger partial charge in [0.25, 0.3) is 0 Å². The highest BCUT2D eigenvalue weighted by molar-refractivity contribution is 6.19. The maximum atomic E-state index is 6.54. The fourth-order valence-corrected chi connectivity index (χ4v) is 8.37. The first-order valence-electron chi connectivity index (χ1n) is 18.7. The first-order valence-corrected chi connectivity index (χ1v) is 18.7. The minimum absolute atomic E-state index is 0.864. The Kier molecular flexibility index (Phi) is 7.17. The second-order valence-corrected chi connectivity index (χ2v) is 14.0. The molecule has 2 heterocycles. The molecule has 3 nitrogen and oxygen atoms in total. The summed E-state index contributed by atoms with van der Waals surface area (Å²) in [6, 6.07) is 71.0. The van der Waals surface area contributed by atoms with E-state index < -0.39 is 0 Å². The van der Waals surface area contributed by atoms with Crippen molar-refractivity contribution in [2.24, 2.45) is 0 Å². The molecule has 0 aliphatic heterocycles. The van der Waals surface area contributed by atoms with Gasteiger partial charge in [0.1, 0.15) is 22.3 Å². The van der Waals surface area contributed by atoms with Crippen LogP contribution < -0.4 is 4.90 Å². The zero-order chi connectivity index (χ0) is 36.3. The van der Waals surface area contributed by atoms with Crippen LogP contribution in [0.25, 0.3) is 88.0 Å². The molecular weight excluding hydrogens is 671 g/mol. The predicted octanol–water partition coefficient (Wildman–Crippen LogP) is 15.1. The van der Waals surface area contributed by atoms with Crippen LogP contribution in [0.3, 0.4) is 0 Å². The van der Waals surface area contributed by atoms with Crippen molar-refractivity contribution in [3.63, 3.8) is 0 Å². The number of hydrogen-bond acceptors (Lipinski definition) is 3. The van der Waals surface area contributed by atoms with E-state index in [0.717, 1.165) is 83.2 Å². The maximum Gasteiger partial charge on any atom is 0.136 e. The van der Waals surface area contributed by atoms with Crippen LogP contribution in [0, 0.1) is 0 Å². The molecular formula is C52H33NO2. The van der Waals surface area contributed by atoms with Crippen LogP contribution >= 0.6 is 0 Å². The second-order valence-electron chi connectivity index (χ2n) is 14.0. The lowest BCUT2D eigenvalue weighted by molar-refractivity contribution is 0.668. The van der Waals surface area contributed by atoms with Gasteiger partial charge >= 0.3 is 0 Å². The van der Waals surface area contributed by atoms with Gasteiger partial charge in [0, 0.05) is 38.5 Å². The van der Waals surface area contributed by atoms with Gasteiger partial charge in [0.15, 0.2) is 0 Å². The Morgan fingerprint density at radius 3 is 1.55 bits per heavy atom. The van der Waals surface area contributed by atoms with E-state index in [9.17, 15) is 0 Å². The van der Waals surface area contributed by atoms with Gasteiger partial charge in [-0.2, -0.15) is 0 Å². The van der Waals surface area contributed by atoms with E-state index in [4.69, 9.17) is 8.83 Å². The van der Waals surface area contributed by atoms with E-state index in [1.165, 1.54) is 21.9 Å². The lowest BCUT2D eigenvalue weighted by Gasteiger charge is -2.29. The third-order valence-electron chi connectivity index (χ3n) is 10.9. The van der Waals surface area contributed by atoms with Gasteiger partial charge in [-0.05, 0) is 93.2 Å². The van der Waals surface area contributed by atoms with Crippen LogP contribution in [0.15, 0.2) is 209 Å². The van der Waals surface area contributed by atoms with E-state index >= 15 is 0 Å². The Hall–Kier alpha value is -7.36. The van der Waals surface area contributed by atoms with Gasteiger partial charge in [-0.3, -0.25) is 0 Å². The van der Waals surface area contributed by atoms with Gasteiger partial charge in [-0.15, -0.1) is 0 Å². The normalized spacial score (nSPS) is 11.6. The summed E-state index contributed by atoms with van der Waals surface area (Å²) < 4.78 is 12.8. The van der Waals surface area contributed by atoms with E-state index in [1.807, 2.05) is 18.2 Å². The van der Waals surface area contributed by atoms with Gasteiger partial charge in [0.2, 0.25) is 0 Å².